The number of hydrogen-bond donors (Lipinski definition) is 2. The number of allylic oxidation sites excluding steroid dienone is 3. The summed E-state index contributed by atoms with van der Waals surface area (Å²) in [4.78, 5) is 71.8. The smallest absolute Gasteiger partial charge is 0.409 e. The molecule has 5 rings (SSSR count). The lowest BCUT2D eigenvalue weighted by Crippen LogP contribution is -2.63. The summed E-state index contributed by atoms with van der Waals surface area (Å²) in [7, 11) is 9.71. The molecule has 14 nitrogen and oxygen atoms in total. The molecular weight excluding hydrogens is 954 g/mol. The number of hydrogen-bond acceptors (Lipinski definition) is 13. The maximum Gasteiger partial charge on any atom is 0.409 e. The number of carbonyl (C=O) groups excluding carboxylic acids is 5. The van der Waals surface area contributed by atoms with Crippen LogP contribution < -0.4 is 15.0 Å². The summed E-state index contributed by atoms with van der Waals surface area (Å²) in [6.07, 6.45) is 11.8. The van der Waals surface area contributed by atoms with Gasteiger partial charge in [-0.2, -0.15) is 0 Å². The van der Waals surface area contributed by atoms with Crippen LogP contribution in [0.2, 0.25) is 5.02 Å². The van der Waals surface area contributed by atoms with Crippen LogP contribution >= 0.6 is 33.2 Å². The highest BCUT2D eigenvalue weighted by Crippen LogP contribution is 2.49. The number of alkyl carbamates (subject to hydrolysis) is 1. The van der Waals surface area contributed by atoms with Crippen molar-refractivity contribution in [1.82, 2.24) is 10.2 Å². The molecule has 1 aromatic rings. The normalized spacial score (nSPS) is 29.6. The van der Waals surface area contributed by atoms with E-state index in [1.807, 2.05) is 39.8 Å². The van der Waals surface area contributed by atoms with Crippen LogP contribution in [-0.4, -0.2) is 120 Å². The van der Waals surface area contributed by atoms with Crippen LogP contribution in [0.25, 0.3) is 0 Å². The predicted molar refractivity (Wildman–Crippen MR) is 278 cm³/mol. The van der Waals surface area contributed by atoms with Crippen LogP contribution in [0, 0.1) is 17.3 Å². The molecule has 0 radical (unpaired) electrons. The highest BCUT2D eigenvalue weighted by Gasteiger charge is 2.64. The highest BCUT2D eigenvalue weighted by atomic mass is 35.5. The number of nitrogens with zero attached hydrogens (tertiary/aromatic N) is 2. The molecule has 3 aliphatic heterocycles. The van der Waals surface area contributed by atoms with E-state index in [1.54, 1.807) is 67.7 Å². The van der Waals surface area contributed by atoms with Crippen LogP contribution in [-0.2, 0) is 44.5 Å². The van der Waals surface area contributed by atoms with Crippen LogP contribution in [0.1, 0.15) is 144 Å². The number of ketones is 1. The minimum atomic E-state index is -1.84. The second-order valence-corrected chi connectivity index (χ2v) is 24.6. The van der Waals surface area contributed by atoms with E-state index < -0.39 is 71.1 Å². The highest BCUT2D eigenvalue weighted by molar-refractivity contribution is 8.77. The molecule has 2 N–H and O–H groups in total. The first-order valence-corrected chi connectivity index (χ1v) is 27.8. The third kappa shape index (κ3) is 14.7. The standard InChI is InChI=1S/C53H80ClN3O11S2/c1-32-19-18-22-43(65-12)53(63)31-42(66-50(62)55-53)35(4)47-52(8,68-47)44(30-45(59)57(10)39-28-37(27-32)29-41(64-11)46(39)54)67-48(60)36(5)56(9)49(61)51(6,7)26-25-34(3)70-69-33(2)23-24-40(58)38-20-16-14-13-15-17-21-38/h18-19,22,28-29,33-36,38,42-44,47,63H,13-17,20-21,23-27,30-31H2,1-12H3,(H,55,62)/b22-18+,32-19+/t33?,34?,35-,36+,42+,43-,44+,47+,52+,53+/m0/s1. The van der Waals surface area contributed by atoms with Gasteiger partial charge in [0.1, 0.15) is 46.5 Å². The van der Waals surface area contributed by atoms with Crippen LogP contribution in [0.4, 0.5) is 10.5 Å². The molecular formula is C53H80ClN3O11S2. The molecule has 4 aliphatic rings. The molecule has 2 unspecified atom stereocenters. The first-order valence-electron chi connectivity index (χ1n) is 25.2. The molecule has 3 amide bonds. The van der Waals surface area contributed by atoms with Crippen molar-refractivity contribution < 1.29 is 52.8 Å². The van der Waals surface area contributed by atoms with Crippen molar-refractivity contribution in [2.24, 2.45) is 17.3 Å². The van der Waals surface area contributed by atoms with Crippen molar-refractivity contribution in [3.8, 4) is 5.75 Å². The molecule has 0 spiro atoms. The van der Waals surface area contributed by atoms with Gasteiger partial charge in [-0.3, -0.25) is 19.7 Å². The maximum absolute atomic E-state index is 14.4. The minimum absolute atomic E-state index is 0.0602. The number of fused-ring (bicyclic) bond motifs is 5. The van der Waals surface area contributed by atoms with Crippen molar-refractivity contribution in [2.45, 2.75) is 198 Å². The monoisotopic (exact) mass is 1030 g/mol. The van der Waals surface area contributed by atoms with Gasteiger partial charge in [0.05, 0.1) is 25.3 Å². The SMILES string of the molecule is COc1cc2cc(c1Cl)N(C)C(=O)C[C@@H](OC(=O)[C@@H](C)N(C)C(=O)C(C)(C)CCC(C)SSC(C)CCC(=O)C1CCCCCCC1)[C@@]1(C)O[C@@H]1[C@@H](C)[C@H]1C[C@](O)(NC(=O)O1)[C@@H](OC)/C=C/C=C(\C)C2. The summed E-state index contributed by atoms with van der Waals surface area (Å²) < 4.78 is 29.7. The summed E-state index contributed by atoms with van der Waals surface area (Å²) in [6, 6.07) is 2.58. The number of aliphatic hydroxyl groups is 1. The van der Waals surface area contributed by atoms with Crippen molar-refractivity contribution in [1.29, 1.82) is 0 Å². The fourth-order valence-corrected chi connectivity index (χ4v) is 12.8. The van der Waals surface area contributed by atoms with E-state index in [4.69, 9.17) is 35.3 Å². The number of anilines is 1. The lowest BCUT2D eigenvalue weighted by Gasteiger charge is -2.42. The molecule has 3 heterocycles. The van der Waals surface area contributed by atoms with E-state index >= 15 is 0 Å². The molecule has 1 aliphatic carbocycles. The number of epoxide rings is 1. The first-order chi connectivity index (χ1) is 32.9. The van der Waals surface area contributed by atoms with E-state index in [1.165, 1.54) is 43.3 Å². The number of carbonyl (C=O) groups is 5. The molecule has 0 aromatic heterocycles. The summed E-state index contributed by atoms with van der Waals surface area (Å²) in [5.74, 6) is -0.914. The van der Waals surface area contributed by atoms with Gasteiger partial charge in [-0.25, -0.2) is 9.59 Å². The summed E-state index contributed by atoms with van der Waals surface area (Å²) >= 11 is 6.85. The summed E-state index contributed by atoms with van der Waals surface area (Å²) in [5, 5.41) is 15.2. The van der Waals surface area contributed by atoms with Crippen molar-refractivity contribution in [3.05, 3.63) is 46.5 Å². The molecule has 2 saturated heterocycles. The Balaban J connectivity index is 1.29. The Morgan fingerprint density at radius 3 is 2.33 bits per heavy atom. The van der Waals surface area contributed by atoms with Gasteiger partial charge in [-0.05, 0) is 77.0 Å². The van der Waals surface area contributed by atoms with Gasteiger partial charge in [0, 0.05) is 61.8 Å². The third-order valence-corrected chi connectivity index (χ3v) is 18.9. The van der Waals surface area contributed by atoms with Crippen molar-refractivity contribution in [3.63, 3.8) is 0 Å². The lowest BCUT2D eigenvalue weighted by molar-refractivity contribution is -0.164. The molecule has 1 aromatic carbocycles. The van der Waals surface area contributed by atoms with E-state index in [0.717, 1.165) is 49.7 Å². The Morgan fingerprint density at radius 1 is 1.04 bits per heavy atom. The lowest BCUT2D eigenvalue weighted by atomic mass is 9.83. The second kappa shape index (κ2) is 25.1. The molecule has 4 bridgehead atoms. The first kappa shape index (κ1) is 57.6. The Labute approximate surface area is 429 Å². The average Bonchev–Trinajstić information content (AvgIpc) is 4.00. The number of ether oxygens (including phenoxy) is 5. The van der Waals surface area contributed by atoms with Crippen LogP contribution in [0.15, 0.2) is 35.9 Å². The topological polar surface area (TPSA) is 174 Å². The Bertz CT molecular complexity index is 2080. The number of amides is 3. The fraction of sp³-hybridized carbons (Fsp3) is 0.717. The number of halogens is 1. The third-order valence-electron chi connectivity index (χ3n) is 14.9. The Kier molecular flexibility index (Phi) is 20.7. The van der Waals surface area contributed by atoms with Crippen molar-refractivity contribution >= 4 is 68.5 Å². The van der Waals surface area contributed by atoms with Gasteiger partial charge >= 0.3 is 12.1 Å². The number of methoxy groups -OCH3 is 2. The van der Waals surface area contributed by atoms with E-state index in [9.17, 15) is 29.1 Å². The number of benzene rings is 1. The van der Waals surface area contributed by atoms with Crippen LogP contribution in [0.5, 0.6) is 5.75 Å². The minimum Gasteiger partial charge on any atom is -0.495 e. The number of rotatable bonds is 16. The van der Waals surface area contributed by atoms with Gasteiger partial charge in [0.15, 0.2) is 5.72 Å². The Morgan fingerprint density at radius 2 is 1.69 bits per heavy atom. The number of esters is 1. The van der Waals surface area contributed by atoms with Crippen LogP contribution in [0.3, 0.4) is 0 Å². The van der Waals surface area contributed by atoms with Crippen molar-refractivity contribution in [2.75, 3.05) is 33.2 Å². The largest absolute Gasteiger partial charge is 0.495 e. The van der Waals surface area contributed by atoms with E-state index in [-0.39, 0.29) is 34.9 Å². The molecule has 1 saturated carbocycles. The predicted octanol–water partition coefficient (Wildman–Crippen LogP) is 10.2. The van der Waals surface area contributed by atoms with Gasteiger partial charge in [-0.15, -0.1) is 0 Å². The van der Waals surface area contributed by atoms with E-state index in [2.05, 4.69) is 19.2 Å². The average molecular weight is 1030 g/mol. The molecule has 70 heavy (non-hydrogen) atoms. The second-order valence-electron chi connectivity index (χ2n) is 21.1. The quantitative estimate of drug-likeness (QED) is 0.0911. The zero-order valence-corrected chi connectivity index (χ0v) is 46.0. The zero-order chi connectivity index (χ0) is 51.7. The molecule has 392 valence electrons. The Hall–Kier alpha value is -3.28. The zero-order valence-electron chi connectivity index (χ0n) is 43.6. The fourth-order valence-electron chi connectivity index (χ4n) is 9.94. The number of likely N-dealkylation sites (N-methyl/N-ethyl adjacent to an activating group) is 1. The summed E-state index contributed by atoms with van der Waals surface area (Å²) in [5.41, 5.74) is -1.78. The van der Waals surface area contributed by atoms with Gasteiger partial charge < -0.3 is 38.6 Å². The van der Waals surface area contributed by atoms with Gasteiger partial charge in [0.25, 0.3) is 0 Å². The van der Waals surface area contributed by atoms with E-state index in [0.29, 0.717) is 41.7 Å². The number of nitrogens with one attached hydrogen (secondary N) is 1. The number of Topliss-reactive ketones (excluding diaryl/α,β-unsaturated/α-hetero) is 1. The maximum atomic E-state index is 14.4. The van der Waals surface area contributed by atoms with Gasteiger partial charge in [-0.1, -0.05) is 124 Å². The summed E-state index contributed by atoms with van der Waals surface area (Å²) in [6.45, 7) is 15.2. The molecule has 3 fully saturated rings. The molecule has 10 atom stereocenters. The van der Waals surface area contributed by atoms with Gasteiger partial charge in [0.2, 0.25) is 11.8 Å². The molecule has 17 heteroatoms.